The van der Waals surface area contributed by atoms with Crippen LogP contribution in [0.15, 0.2) is 9.44 Å². The van der Waals surface area contributed by atoms with Crippen LogP contribution in [0, 0.1) is 6.92 Å². The first kappa shape index (κ1) is 8.62. The zero-order valence-corrected chi connectivity index (χ0v) is 7.56. The van der Waals surface area contributed by atoms with Gasteiger partial charge >= 0.3 is 0 Å². The molecule has 2 N–H and O–H groups in total. The fourth-order valence-corrected chi connectivity index (χ4v) is 1.21. The van der Waals surface area contributed by atoms with Gasteiger partial charge in [-0.25, -0.2) is 4.98 Å². The summed E-state index contributed by atoms with van der Waals surface area (Å²) in [6.45, 7) is 3.78. The molecule has 1 aromatic heterocycles. The van der Waals surface area contributed by atoms with E-state index in [-0.39, 0.29) is 6.04 Å². The van der Waals surface area contributed by atoms with Crippen molar-refractivity contribution >= 4 is 12.6 Å². The molecule has 0 amide bonds. The van der Waals surface area contributed by atoms with Gasteiger partial charge in [-0.1, -0.05) is 6.92 Å². The van der Waals surface area contributed by atoms with Crippen molar-refractivity contribution < 1.29 is 4.42 Å². The molecule has 62 valence electrons. The predicted octanol–water partition coefficient (Wildman–Crippen LogP) is 1.68. The largest absolute Gasteiger partial charge is 0.443 e. The fourth-order valence-electron chi connectivity index (χ4n) is 0.859. The molecule has 0 aliphatic heterocycles. The lowest BCUT2D eigenvalue weighted by atomic mass is 10.2. The summed E-state index contributed by atoms with van der Waals surface area (Å²) < 4.78 is 5.25. The Kier molecular flexibility index (Phi) is 2.57. The molecule has 0 unspecified atom stereocenters. The Morgan fingerprint density at radius 3 is 2.73 bits per heavy atom. The first-order valence-corrected chi connectivity index (χ1v) is 4.01. The van der Waals surface area contributed by atoms with Gasteiger partial charge in [-0.3, -0.25) is 0 Å². The van der Waals surface area contributed by atoms with Crippen molar-refractivity contribution in [2.45, 2.75) is 31.3 Å². The topological polar surface area (TPSA) is 52.0 Å². The summed E-state index contributed by atoms with van der Waals surface area (Å²) in [7, 11) is 0. The zero-order valence-electron chi connectivity index (χ0n) is 6.66. The maximum Gasteiger partial charge on any atom is 0.192 e. The van der Waals surface area contributed by atoms with Gasteiger partial charge in [0.15, 0.2) is 11.7 Å². The maximum absolute atomic E-state index is 5.73. The number of thiol groups is 1. The van der Waals surface area contributed by atoms with Crippen molar-refractivity contribution in [2.24, 2.45) is 5.73 Å². The monoisotopic (exact) mass is 172 g/mol. The van der Waals surface area contributed by atoms with E-state index >= 15 is 0 Å². The number of hydrogen-bond donors (Lipinski definition) is 2. The molecule has 0 radical (unpaired) electrons. The summed E-state index contributed by atoms with van der Waals surface area (Å²) in [5.74, 6) is 1.31. The molecule has 1 aromatic rings. The molecule has 0 spiro atoms. The van der Waals surface area contributed by atoms with Gasteiger partial charge in [0.25, 0.3) is 0 Å². The van der Waals surface area contributed by atoms with Gasteiger partial charge in [-0.15, -0.1) is 12.6 Å². The van der Waals surface area contributed by atoms with Crippen LogP contribution in [-0.2, 0) is 0 Å². The second-order valence-corrected chi connectivity index (χ2v) is 2.86. The predicted molar refractivity (Wildman–Crippen MR) is 45.7 cm³/mol. The average molecular weight is 172 g/mol. The summed E-state index contributed by atoms with van der Waals surface area (Å²) in [4.78, 5) is 4.00. The number of aryl methyl sites for hydroxylation is 1. The Bertz CT molecular complexity index is 247. The van der Waals surface area contributed by atoms with E-state index in [1.807, 2.05) is 6.92 Å². The van der Waals surface area contributed by atoms with Crippen LogP contribution in [0.3, 0.4) is 0 Å². The van der Waals surface area contributed by atoms with Crippen LogP contribution >= 0.6 is 12.6 Å². The average Bonchev–Trinajstić information content (AvgIpc) is 2.28. The SMILES string of the molecule is CC[C@H](N)c1oc(C)nc1S. The highest BCUT2D eigenvalue weighted by Gasteiger charge is 2.13. The quantitative estimate of drug-likeness (QED) is 0.667. The highest BCUT2D eigenvalue weighted by molar-refractivity contribution is 7.80. The molecule has 0 saturated carbocycles. The lowest BCUT2D eigenvalue weighted by Gasteiger charge is -2.03. The number of rotatable bonds is 2. The van der Waals surface area contributed by atoms with Crippen LogP contribution in [0.4, 0.5) is 0 Å². The van der Waals surface area contributed by atoms with Crippen molar-refractivity contribution in [1.29, 1.82) is 0 Å². The van der Waals surface area contributed by atoms with Gasteiger partial charge in [0.1, 0.15) is 5.03 Å². The Morgan fingerprint density at radius 1 is 1.73 bits per heavy atom. The van der Waals surface area contributed by atoms with Crippen LogP contribution in [0.2, 0.25) is 0 Å². The third-order valence-electron chi connectivity index (χ3n) is 1.52. The van der Waals surface area contributed by atoms with Gasteiger partial charge in [0, 0.05) is 6.92 Å². The first-order chi connectivity index (χ1) is 5.15. The Balaban J connectivity index is 2.93. The van der Waals surface area contributed by atoms with Gasteiger partial charge in [0.2, 0.25) is 0 Å². The van der Waals surface area contributed by atoms with Gasteiger partial charge in [-0.05, 0) is 6.42 Å². The normalized spacial score (nSPS) is 13.5. The number of hydrogen-bond acceptors (Lipinski definition) is 4. The van der Waals surface area contributed by atoms with Crippen LogP contribution < -0.4 is 5.73 Å². The molecule has 0 aliphatic rings. The third-order valence-corrected chi connectivity index (χ3v) is 1.84. The maximum atomic E-state index is 5.73. The van der Waals surface area contributed by atoms with E-state index < -0.39 is 0 Å². The van der Waals surface area contributed by atoms with Crippen LogP contribution in [-0.4, -0.2) is 4.98 Å². The van der Waals surface area contributed by atoms with Crippen molar-refractivity contribution in [3.63, 3.8) is 0 Å². The van der Waals surface area contributed by atoms with Crippen LogP contribution in [0.5, 0.6) is 0 Å². The Morgan fingerprint density at radius 2 is 2.36 bits per heavy atom. The number of nitrogens with zero attached hydrogens (tertiary/aromatic N) is 1. The highest BCUT2D eigenvalue weighted by Crippen LogP contribution is 2.22. The van der Waals surface area contributed by atoms with Crippen LogP contribution in [0.1, 0.15) is 31.0 Å². The number of aromatic nitrogens is 1. The van der Waals surface area contributed by atoms with E-state index in [9.17, 15) is 0 Å². The number of oxazole rings is 1. The molecule has 0 aliphatic carbocycles. The Hall–Kier alpha value is -0.480. The van der Waals surface area contributed by atoms with Gasteiger partial charge in [-0.2, -0.15) is 0 Å². The Labute approximate surface area is 71.4 Å². The lowest BCUT2D eigenvalue weighted by molar-refractivity contribution is 0.430. The van der Waals surface area contributed by atoms with Crippen molar-refractivity contribution in [3.8, 4) is 0 Å². The molecule has 4 heteroatoms. The lowest BCUT2D eigenvalue weighted by Crippen LogP contribution is -2.07. The summed E-state index contributed by atoms with van der Waals surface area (Å²) in [6, 6.07) is -0.0799. The van der Waals surface area contributed by atoms with Gasteiger partial charge in [0.05, 0.1) is 6.04 Å². The van der Waals surface area contributed by atoms with Gasteiger partial charge < -0.3 is 10.2 Å². The zero-order chi connectivity index (χ0) is 8.43. The third kappa shape index (κ3) is 1.75. The summed E-state index contributed by atoms with van der Waals surface area (Å²) >= 11 is 4.13. The highest BCUT2D eigenvalue weighted by atomic mass is 32.1. The first-order valence-electron chi connectivity index (χ1n) is 3.57. The van der Waals surface area contributed by atoms with E-state index in [1.54, 1.807) is 6.92 Å². The van der Waals surface area contributed by atoms with E-state index in [0.29, 0.717) is 16.7 Å². The van der Waals surface area contributed by atoms with Crippen molar-refractivity contribution in [1.82, 2.24) is 4.98 Å². The molecule has 3 nitrogen and oxygen atoms in total. The molecule has 0 aromatic carbocycles. The minimum absolute atomic E-state index is 0.0799. The second kappa shape index (κ2) is 3.28. The smallest absolute Gasteiger partial charge is 0.192 e. The van der Waals surface area contributed by atoms with E-state index in [1.165, 1.54) is 0 Å². The molecular weight excluding hydrogens is 160 g/mol. The molecule has 0 fully saturated rings. The minimum Gasteiger partial charge on any atom is -0.443 e. The molecule has 1 heterocycles. The summed E-state index contributed by atoms with van der Waals surface area (Å²) in [6.07, 6.45) is 0.836. The molecule has 11 heavy (non-hydrogen) atoms. The molecular formula is C7H12N2OS. The van der Waals surface area contributed by atoms with E-state index in [4.69, 9.17) is 10.2 Å². The molecule has 0 saturated heterocycles. The van der Waals surface area contributed by atoms with Crippen molar-refractivity contribution in [2.75, 3.05) is 0 Å². The number of nitrogens with two attached hydrogens (primary N) is 1. The summed E-state index contributed by atoms with van der Waals surface area (Å²) in [5.41, 5.74) is 5.73. The fraction of sp³-hybridized carbons (Fsp3) is 0.571. The van der Waals surface area contributed by atoms with E-state index in [2.05, 4.69) is 17.6 Å². The second-order valence-electron chi connectivity index (χ2n) is 2.44. The summed E-state index contributed by atoms with van der Waals surface area (Å²) in [5, 5.41) is 0.608. The van der Waals surface area contributed by atoms with Crippen LogP contribution in [0.25, 0.3) is 0 Å². The van der Waals surface area contributed by atoms with Crippen molar-refractivity contribution in [3.05, 3.63) is 11.7 Å². The van der Waals surface area contributed by atoms with E-state index in [0.717, 1.165) is 6.42 Å². The molecule has 1 atom stereocenters. The molecule has 0 bridgehead atoms. The standard InChI is InChI=1S/C7H12N2OS/c1-3-5(8)6-7(11)9-4(2)10-6/h5,11H,3,8H2,1-2H3/t5-/m0/s1. The minimum atomic E-state index is -0.0799. The molecule has 1 rings (SSSR count).